The third-order valence-corrected chi connectivity index (χ3v) is 6.20. The van der Waals surface area contributed by atoms with E-state index in [-0.39, 0.29) is 17.9 Å². The maximum atomic E-state index is 12.9. The van der Waals surface area contributed by atoms with Crippen LogP contribution in [0.1, 0.15) is 40.4 Å². The first kappa shape index (κ1) is 17.9. The molecule has 0 fully saturated rings. The quantitative estimate of drug-likeness (QED) is 0.814. The summed E-state index contributed by atoms with van der Waals surface area (Å²) >= 11 is 1.52. The highest BCUT2D eigenvalue weighted by molar-refractivity contribution is 8.00. The van der Waals surface area contributed by atoms with Crippen LogP contribution in [-0.2, 0) is 11.2 Å². The molecule has 2 aliphatic rings. The number of hydrogen-bond acceptors (Lipinski definition) is 3. The summed E-state index contributed by atoms with van der Waals surface area (Å²) in [6.07, 6.45) is 4.80. The highest BCUT2D eigenvalue weighted by atomic mass is 32.2. The maximum Gasteiger partial charge on any atom is 0.251 e. The Kier molecular flexibility index (Phi) is 5.03. The average molecular weight is 378 g/mol. The van der Waals surface area contributed by atoms with Gasteiger partial charge in [-0.1, -0.05) is 30.3 Å². The van der Waals surface area contributed by atoms with E-state index in [1.165, 1.54) is 22.9 Å². The summed E-state index contributed by atoms with van der Waals surface area (Å²) in [5.74, 6) is 0.373. The number of benzene rings is 2. The van der Waals surface area contributed by atoms with Crippen molar-refractivity contribution in [1.29, 1.82) is 0 Å². The average Bonchev–Trinajstić information content (AvgIpc) is 2.70. The molecular weight excluding hydrogens is 356 g/mol. The Morgan fingerprint density at radius 3 is 3.00 bits per heavy atom. The van der Waals surface area contributed by atoms with Gasteiger partial charge in [0.05, 0.1) is 17.5 Å². The summed E-state index contributed by atoms with van der Waals surface area (Å²) in [5.41, 5.74) is 3.92. The van der Waals surface area contributed by atoms with E-state index < -0.39 is 0 Å². The van der Waals surface area contributed by atoms with E-state index >= 15 is 0 Å². The molecule has 0 saturated heterocycles. The zero-order valence-corrected chi connectivity index (χ0v) is 15.9. The van der Waals surface area contributed by atoms with Crippen LogP contribution in [0.2, 0.25) is 0 Å². The van der Waals surface area contributed by atoms with Crippen molar-refractivity contribution in [3.8, 4) is 0 Å². The van der Waals surface area contributed by atoms with Crippen LogP contribution in [0.15, 0.2) is 60.0 Å². The smallest absolute Gasteiger partial charge is 0.251 e. The lowest BCUT2D eigenvalue weighted by atomic mass is 9.87. The van der Waals surface area contributed by atoms with Crippen LogP contribution in [0.3, 0.4) is 0 Å². The van der Waals surface area contributed by atoms with Gasteiger partial charge in [0.1, 0.15) is 0 Å². The normalized spacial score (nSPS) is 18.4. The molecule has 2 aromatic rings. The number of anilines is 1. The molecule has 1 aliphatic carbocycles. The van der Waals surface area contributed by atoms with Crippen LogP contribution >= 0.6 is 11.8 Å². The zero-order valence-electron chi connectivity index (χ0n) is 15.1. The van der Waals surface area contributed by atoms with Crippen LogP contribution in [-0.4, -0.2) is 24.1 Å². The van der Waals surface area contributed by atoms with E-state index in [1.54, 1.807) is 11.0 Å². The van der Waals surface area contributed by atoms with Gasteiger partial charge in [0.25, 0.3) is 5.91 Å². The van der Waals surface area contributed by atoms with Gasteiger partial charge >= 0.3 is 0 Å². The third kappa shape index (κ3) is 3.52. The fraction of sp³-hybridized carbons (Fsp3) is 0.273. The van der Waals surface area contributed by atoms with Gasteiger partial charge in [-0.05, 0) is 48.6 Å². The van der Waals surface area contributed by atoms with E-state index in [4.69, 9.17) is 0 Å². The van der Waals surface area contributed by atoms with Gasteiger partial charge in [-0.2, -0.15) is 0 Å². The Morgan fingerprint density at radius 1 is 1.30 bits per heavy atom. The summed E-state index contributed by atoms with van der Waals surface area (Å²) in [6.45, 7) is 4.19. The molecule has 5 heteroatoms. The van der Waals surface area contributed by atoms with Crippen molar-refractivity contribution < 1.29 is 9.59 Å². The Morgan fingerprint density at radius 2 is 2.15 bits per heavy atom. The monoisotopic (exact) mass is 378 g/mol. The molecule has 138 valence electrons. The van der Waals surface area contributed by atoms with E-state index in [2.05, 4.69) is 30.1 Å². The topological polar surface area (TPSA) is 49.4 Å². The lowest BCUT2D eigenvalue weighted by molar-refractivity contribution is -0.116. The molecule has 2 aromatic carbocycles. The van der Waals surface area contributed by atoms with Crippen molar-refractivity contribution in [2.45, 2.75) is 30.2 Å². The number of nitrogens with one attached hydrogen (secondary N) is 1. The molecule has 0 bridgehead atoms. The molecule has 27 heavy (non-hydrogen) atoms. The Hall–Kier alpha value is -2.53. The minimum absolute atomic E-state index is 0.0405. The van der Waals surface area contributed by atoms with Crippen molar-refractivity contribution in [1.82, 2.24) is 5.32 Å². The fourth-order valence-electron chi connectivity index (χ4n) is 3.82. The van der Waals surface area contributed by atoms with E-state index in [1.807, 2.05) is 24.3 Å². The molecule has 1 heterocycles. The predicted octanol–water partition coefficient (Wildman–Crippen LogP) is 4.12. The third-order valence-electron chi connectivity index (χ3n) is 5.15. The number of hydrogen-bond donors (Lipinski definition) is 1. The summed E-state index contributed by atoms with van der Waals surface area (Å²) in [6, 6.07) is 14.0. The number of aryl methyl sites for hydroxylation is 1. The van der Waals surface area contributed by atoms with Crippen molar-refractivity contribution >= 4 is 29.3 Å². The van der Waals surface area contributed by atoms with Crippen molar-refractivity contribution in [2.24, 2.45) is 0 Å². The summed E-state index contributed by atoms with van der Waals surface area (Å²) in [5, 5.41) is 3.19. The molecule has 0 saturated carbocycles. The first-order chi connectivity index (χ1) is 13.2. The second-order valence-corrected chi connectivity index (χ2v) is 7.90. The Balaban J connectivity index is 1.59. The second-order valence-electron chi connectivity index (χ2n) is 6.88. The van der Waals surface area contributed by atoms with Crippen molar-refractivity contribution in [3.63, 3.8) is 0 Å². The zero-order chi connectivity index (χ0) is 18.8. The first-order valence-corrected chi connectivity index (χ1v) is 10.2. The number of carbonyl (C=O) groups excluding carboxylic acids is 2. The molecule has 4 nitrogen and oxygen atoms in total. The summed E-state index contributed by atoms with van der Waals surface area (Å²) < 4.78 is 0. The number of amides is 2. The first-order valence-electron chi connectivity index (χ1n) is 9.24. The van der Waals surface area contributed by atoms with Gasteiger partial charge in [-0.3, -0.25) is 9.59 Å². The van der Waals surface area contributed by atoms with Crippen LogP contribution in [0.4, 0.5) is 5.69 Å². The number of fused-ring (bicyclic) bond motifs is 2. The van der Waals surface area contributed by atoms with Gasteiger partial charge in [-0.15, -0.1) is 18.3 Å². The second kappa shape index (κ2) is 7.61. The van der Waals surface area contributed by atoms with E-state index in [0.717, 1.165) is 29.8 Å². The predicted molar refractivity (Wildman–Crippen MR) is 109 cm³/mol. The lowest BCUT2D eigenvalue weighted by Crippen LogP contribution is -2.36. The van der Waals surface area contributed by atoms with Crippen LogP contribution < -0.4 is 10.2 Å². The van der Waals surface area contributed by atoms with Gasteiger partial charge in [-0.25, -0.2) is 0 Å². The van der Waals surface area contributed by atoms with Crippen molar-refractivity contribution in [3.05, 3.63) is 71.8 Å². The fourth-order valence-corrected chi connectivity index (χ4v) is 4.73. The standard InChI is InChI=1S/C22H22N2O2S/c1-2-12-24-19-13-16(10-11-20(19)27-14-21(24)25)22(26)23-18-9-5-7-15-6-3-4-8-17(15)18/h2-4,6,8,10-11,13,18H,1,5,7,9,12,14H2,(H,23,26). The van der Waals surface area contributed by atoms with Gasteiger partial charge < -0.3 is 10.2 Å². The molecule has 0 aromatic heterocycles. The number of rotatable bonds is 4. The molecule has 0 spiro atoms. The SMILES string of the molecule is C=CCN1C(=O)CSc2ccc(C(=O)NC3CCCc4ccccc43)cc21. The summed E-state index contributed by atoms with van der Waals surface area (Å²) in [4.78, 5) is 27.9. The number of carbonyl (C=O) groups is 2. The molecule has 1 N–H and O–H groups in total. The molecule has 1 aliphatic heterocycles. The van der Waals surface area contributed by atoms with E-state index in [0.29, 0.717) is 17.9 Å². The number of thioether (sulfide) groups is 1. The molecule has 1 atom stereocenters. The lowest BCUT2D eigenvalue weighted by Gasteiger charge is -2.29. The molecule has 1 unspecified atom stereocenters. The largest absolute Gasteiger partial charge is 0.345 e. The highest BCUT2D eigenvalue weighted by Gasteiger charge is 2.26. The summed E-state index contributed by atoms with van der Waals surface area (Å²) in [7, 11) is 0. The van der Waals surface area contributed by atoms with Gasteiger partial charge in [0, 0.05) is 17.0 Å². The van der Waals surface area contributed by atoms with E-state index in [9.17, 15) is 9.59 Å². The van der Waals surface area contributed by atoms with Crippen LogP contribution in [0.5, 0.6) is 0 Å². The number of nitrogens with zero attached hydrogens (tertiary/aromatic N) is 1. The minimum atomic E-state index is -0.0962. The molecule has 0 radical (unpaired) electrons. The van der Waals surface area contributed by atoms with Crippen LogP contribution in [0.25, 0.3) is 0 Å². The maximum absolute atomic E-state index is 12.9. The minimum Gasteiger partial charge on any atom is -0.345 e. The molecule has 2 amide bonds. The Bertz CT molecular complexity index is 909. The van der Waals surface area contributed by atoms with Crippen molar-refractivity contribution in [2.75, 3.05) is 17.2 Å². The van der Waals surface area contributed by atoms with Gasteiger partial charge in [0.15, 0.2) is 0 Å². The van der Waals surface area contributed by atoms with Crippen LogP contribution in [0, 0.1) is 0 Å². The highest BCUT2D eigenvalue weighted by Crippen LogP contribution is 2.36. The Labute approximate surface area is 163 Å². The van der Waals surface area contributed by atoms with Gasteiger partial charge in [0.2, 0.25) is 5.91 Å². The molecule has 4 rings (SSSR count). The molecular formula is C22H22N2O2S.